The van der Waals surface area contributed by atoms with Gasteiger partial charge in [-0.2, -0.15) is 23.5 Å². The van der Waals surface area contributed by atoms with E-state index < -0.39 is 0 Å². The number of nitrogens with two attached hydrogens (primary N) is 1. The summed E-state index contributed by atoms with van der Waals surface area (Å²) in [5.41, 5.74) is 3.06. The summed E-state index contributed by atoms with van der Waals surface area (Å²) in [6.07, 6.45) is 2.44. The molecule has 16 heavy (non-hydrogen) atoms. The molecule has 2 heterocycles. The molecule has 4 atom stereocenters. The van der Waals surface area contributed by atoms with Gasteiger partial charge in [0.1, 0.15) is 0 Å². The number of rotatable bonds is 3. The zero-order valence-corrected chi connectivity index (χ0v) is 11.5. The Kier molecular flexibility index (Phi) is 5.29. The maximum absolute atomic E-state index is 5.77. The lowest BCUT2D eigenvalue weighted by molar-refractivity contribution is 0.0389. The topological polar surface area (TPSA) is 47.3 Å². The van der Waals surface area contributed by atoms with Crippen molar-refractivity contribution in [2.45, 2.75) is 36.3 Å². The molecule has 0 aromatic heterocycles. The molecule has 5 heteroatoms. The monoisotopic (exact) mass is 262 g/mol. The molecule has 4 unspecified atom stereocenters. The van der Waals surface area contributed by atoms with Crippen LogP contribution in [0.2, 0.25) is 0 Å². The molecule has 0 saturated carbocycles. The van der Waals surface area contributed by atoms with Gasteiger partial charge in [0.15, 0.2) is 0 Å². The summed E-state index contributed by atoms with van der Waals surface area (Å²) in [5.74, 6) is 8.90. The minimum atomic E-state index is 0.410. The first kappa shape index (κ1) is 13.0. The van der Waals surface area contributed by atoms with E-state index in [4.69, 9.17) is 10.6 Å². The van der Waals surface area contributed by atoms with Crippen LogP contribution in [0.5, 0.6) is 0 Å². The molecule has 0 aromatic carbocycles. The largest absolute Gasteiger partial charge is 0.381 e. The third-order valence-corrected chi connectivity index (χ3v) is 6.70. The highest BCUT2D eigenvalue weighted by Crippen LogP contribution is 2.36. The second-order valence-electron chi connectivity index (χ2n) is 4.58. The first-order chi connectivity index (χ1) is 7.83. The summed E-state index contributed by atoms with van der Waals surface area (Å²) in [7, 11) is 0. The van der Waals surface area contributed by atoms with Crippen LogP contribution in [0.4, 0.5) is 0 Å². The molecule has 2 rings (SSSR count). The van der Waals surface area contributed by atoms with Crippen molar-refractivity contribution in [1.29, 1.82) is 0 Å². The van der Waals surface area contributed by atoms with Crippen molar-refractivity contribution in [3.8, 4) is 0 Å². The van der Waals surface area contributed by atoms with Crippen molar-refractivity contribution < 1.29 is 4.74 Å². The Balaban J connectivity index is 1.96. The Morgan fingerprint density at radius 1 is 1.38 bits per heavy atom. The zero-order valence-electron chi connectivity index (χ0n) is 9.85. The maximum Gasteiger partial charge on any atom is 0.0510 e. The van der Waals surface area contributed by atoms with E-state index in [2.05, 4.69) is 35.9 Å². The maximum atomic E-state index is 5.77. The van der Waals surface area contributed by atoms with Crippen LogP contribution in [0.25, 0.3) is 0 Å². The number of nitrogens with one attached hydrogen (secondary N) is 1. The Bertz CT molecular complexity index is 212. The van der Waals surface area contributed by atoms with Crippen LogP contribution in [0.1, 0.15) is 19.8 Å². The highest BCUT2D eigenvalue weighted by molar-refractivity contribution is 8.07. The van der Waals surface area contributed by atoms with E-state index in [0.29, 0.717) is 22.5 Å². The molecule has 0 spiro atoms. The molecule has 2 aliphatic rings. The molecule has 3 nitrogen and oxygen atoms in total. The average molecular weight is 262 g/mol. The second kappa shape index (κ2) is 6.50. The zero-order chi connectivity index (χ0) is 11.4. The Labute approximate surface area is 107 Å². The van der Waals surface area contributed by atoms with E-state index in [1.807, 2.05) is 0 Å². The van der Waals surface area contributed by atoms with Gasteiger partial charge in [-0.15, -0.1) is 0 Å². The van der Waals surface area contributed by atoms with Gasteiger partial charge < -0.3 is 4.74 Å². The fraction of sp³-hybridized carbons (Fsp3) is 1.00. The summed E-state index contributed by atoms with van der Waals surface area (Å²) in [6.45, 7) is 4.13. The minimum absolute atomic E-state index is 0.410. The molecule has 3 N–H and O–H groups in total. The molecule has 2 aliphatic heterocycles. The smallest absolute Gasteiger partial charge is 0.0510 e. The van der Waals surface area contributed by atoms with Gasteiger partial charge in [-0.1, -0.05) is 6.92 Å². The SMILES string of the molecule is CC1SCCSC1C(NN)C1CCCOC1. The van der Waals surface area contributed by atoms with Gasteiger partial charge in [0, 0.05) is 40.6 Å². The van der Waals surface area contributed by atoms with Crippen LogP contribution in [-0.2, 0) is 4.74 Å². The molecular formula is C11H22N2OS2. The molecule has 0 bridgehead atoms. The molecule has 0 aromatic rings. The van der Waals surface area contributed by atoms with E-state index in [0.717, 1.165) is 13.2 Å². The van der Waals surface area contributed by atoms with E-state index >= 15 is 0 Å². The normalized spacial score (nSPS) is 38.2. The summed E-state index contributed by atoms with van der Waals surface area (Å²) in [6, 6.07) is 0.410. The Morgan fingerprint density at radius 2 is 2.19 bits per heavy atom. The van der Waals surface area contributed by atoms with Crippen LogP contribution in [0.3, 0.4) is 0 Å². The van der Waals surface area contributed by atoms with Gasteiger partial charge >= 0.3 is 0 Å². The lowest BCUT2D eigenvalue weighted by Crippen LogP contribution is -2.53. The van der Waals surface area contributed by atoms with Crippen LogP contribution < -0.4 is 11.3 Å². The predicted molar refractivity (Wildman–Crippen MR) is 72.8 cm³/mol. The van der Waals surface area contributed by atoms with Gasteiger partial charge in [-0.3, -0.25) is 11.3 Å². The summed E-state index contributed by atoms with van der Waals surface area (Å²) < 4.78 is 5.58. The molecule has 0 radical (unpaired) electrons. The van der Waals surface area contributed by atoms with Gasteiger partial charge in [-0.05, 0) is 12.8 Å². The predicted octanol–water partition coefficient (Wildman–Crippen LogP) is 1.48. The standard InChI is InChI=1S/C11H22N2OS2/c1-8-11(16-6-5-15-8)10(13-12)9-3-2-4-14-7-9/h8-11,13H,2-7,12H2,1H3. The van der Waals surface area contributed by atoms with Gasteiger partial charge in [0.25, 0.3) is 0 Å². The van der Waals surface area contributed by atoms with Crippen molar-refractivity contribution in [3.05, 3.63) is 0 Å². The number of hydrogen-bond donors (Lipinski definition) is 2. The van der Waals surface area contributed by atoms with Crippen LogP contribution in [0.15, 0.2) is 0 Å². The summed E-state index contributed by atoms with van der Waals surface area (Å²) in [4.78, 5) is 0. The van der Waals surface area contributed by atoms with Crippen molar-refractivity contribution in [2.75, 3.05) is 24.7 Å². The van der Waals surface area contributed by atoms with Gasteiger partial charge in [0.2, 0.25) is 0 Å². The van der Waals surface area contributed by atoms with Gasteiger partial charge in [-0.25, -0.2) is 0 Å². The average Bonchev–Trinajstić information content (AvgIpc) is 2.34. The van der Waals surface area contributed by atoms with Crippen LogP contribution >= 0.6 is 23.5 Å². The third kappa shape index (κ3) is 3.07. The van der Waals surface area contributed by atoms with Gasteiger partial charge in [0.05, 0.1) is 6.61 Å². The number of hydrazine groups is 1. The highest BCUT2D eigenvalue weighted by atomic mass is 32.2. The van der Waals surface area contributed by atoms with Crippen molar-refractivity contribution in [1.82, 2.24) is 5.43 Å². The number of thioether (sulfide) groups is 2. The van der Waals surface area contributed by atoms with E-state index in [1.54, 1.807) is 0 Å². The molecule has 94 valence electrons. The Morgan fingerprint density at radius 3 is 2.81 bits per heavy atom. The van der Waals surface area contributed by atoms with Crippen LogP contribution in [0, 0.1) is 5.92 Å². The van der Waals surface area contributed by atoms with E-state index in [1.165, 1.54) is 24.3 Å². The molecule has 2 fully saturated rings. The lowest BCUT2D eigenvalue weighted by atomic mass is 9.91. The highest BCUT2D eigenvalue weighted by Gasteiger charge is 2.35. The molecule has 0 amide bonds. The van der Waals surface area contributed by atoms with E-state index in [-0.39, 0.29) is 0 Å². The molecular weight excluding hydrogens is 240 g/mol. The van der Waals surface area contributed by atoms with Crippen LogP contribution in [-0.4, -0.2) is 41.3 Å². The molecule has 2 saturated heterocycles. The molecule has 0 aliphatic carbocycles. The first-order valence-corrected chi connectivity index (χ1v) is 8.19. The number of ether oxygens (including phenoxy) is 1. The second-order valence-corrected chi connectivity index (χ2v) is 7.35. The van der Waals surface area contributed by atoms with Crippen molar-refractivity contribution in [2.24, 2.45) is 11.8 Å². The third-order valence-electron chi connectivity index (χ3n) is 3.49. The first-order valence-electron chi connectivity index (χ1n) is 6.10. The Hall–Kier alpha value is 0.580. The fourth-order valence-corrected chi connectivity index (χ4v) is 5.62. The quantitative estimate of drug-likeness (QED) is 0.596. The lowest BCUT2D eigenvalue weighted by Gasteiger charge is -2.39. The van der Waals surface area contributed by atoms with E-state index in [9.17, 15) is 0 Å². The summed E-state index contributed by atoms with van der Waals surface area (Å²) >= 11 is 4.16. The fourth-order valence-electron chi connectivity index (χ4n) is 2.59. The number of hydrogen-bond acceptors (Lipinski definition) is 5. The minimum Gasteiger partial charge on any atom is -0.381 e. The summed E-state index contributed by atoms with van der Waals surface area (Å²) in [5, 5.41) is 1.33. The van der Waals surface area contributed by atoms with Crippen molar-refractivity contribution >= 4 is 23.5 Å². The van der Waals surface area contributed by atoms with Crippen molar-refractivity contribution in [3.63, 3.8) is 0 Å².